The first-order valence-electron chi connectivity index (χ1n) is 12.4. The van der Waals surface area contributed by atoms with Gasteiger partial charge < -0.3 is 20.0 Å². The molecule has 2 aliphatic rings. The molecule has 2 fully saturated rings. The van der Waals surface area contributed by atoms with Gasteiger partial charge in [-0.15, -0.1) is 0 Å². The monoisotopic (exact) mass is 451 g/mol. The zero-order valence-electron chi connectivity index (χ0n) is 20.3. The lowest BCUT2D eigenvalue weighted by Gasteiger charge is -2.35. The lowest BCUT2D eigenvalue weighted by Crippen LogP contribution is -2.46. The number of rotatable bonds is 6. The number of pyridine rings is 1. The minimum atomic E-state index is -0.121. The Labute approximate surface area is 197 Å². The summed E-state index contributed by atoms with van der Waals surface area (Å²) in [6.07, 6.45) is 2.71. The number of amides is 2. The van der Waals surface area contributed by atoms with Crippen LogP contribution in [-0.4, -0.2) is 72.4 Å². The first kappa shape index (κ1) is 23.5. The summed E-state index contributed by atoms with van der Waals surface area (Å²) < 4.78 is 0. The van der Waals surface area contributed by atoms with Crippen molar-refractivity contribution in [2.24, 2.45) is 5.92 Å². The predicted molar refractivity (Wildman–Crippen MR) is 134 cm³/mol. The Balaban J connectivity index is 1.36. The van der Waals surface area contributed by atoms with Crippen molar-refractivity contribution < 1.29 is 9.59 Å². The Morgan fingerprint density at radius 2 is 1.88 bits per heavy atom. The van der Waals surface area contributed by atoms with Crippen LogP contribution >= 0.6 is 0 Å². The number of fused-ring (bicyclic) bond motifs is 1. The van der Waals surface area contributed by atoms with E-state index in [1.165, 1.54) is 6.42 Å². The molecule has 7 heteroatoms. The van der Waals surface area contributed by atoms with Crippen LogP contribution in [0.2, 0.25) is 0 Å². The molecule has 33 heavy (non-hydrogen) atoms. The molecule has 1 aromatic carbocycles. The number of likely N-dealkylation sites (N-methyl/N-ethyl adjacent to an activating group) is 1. The Hall–Kier alpha value is -2.67. The number of anilines is 2. The van der Waals surface area contributed by atoms with Crippen LogP contribution < -0.4 is 10.2 Å². The highest BCUT2D eigenvalue weighted by molar-refractivity contribution is 5.96. The maximum Gasteiger partial charge on any atom is 0.224 e. The van der Waals surface area contributed by atoms with Gasteiger partial charge in [0.1, 0.15) is 5.82 Å². The summed E-state index contributed by atoms with van der Waals surface area (Å²) >= 11 is 0. The summed E-state index contributed by atoms with van der Waals surface area (Å²) in [5.74, 6) is 1.54. The molecule has 2 amide bonds. The molecule has 4 rings (SSSR count). The maximum atomic E-state index is 12.5. The first-order chi connectivity index (χ1) is 15.9. The SMILES string of the molecule is CCN1CCN(c2cc(C)c3cc(NC(=O)CCC(=O)N4CCCC(C)C4)ccc3n2)CC1. The summed E-state index contributed by atoms with van der Waals surface area (Å²) in [5, 5.41) is 4.01. The molecule has 0 radical (unpaired) electrons. The van der Waals surface area contributed by atoms with E-state index < -0.39 is 0 Å². The Morgan fingerprint density at radius 1 is 1.09 bits per heavy atom. The second-order valence-electron chi connectivity index (χ2n) is 9.59. The number of nitrogens with zero attached hydrogens (tertiary/aromatic N) is 4. The van der Waals surface area contributed by atoms with Crippen LogP contribution in [0.3, 0.4) is 0 Å². The van der Waals surface area contributed by atoms with Crippen molar-refractivity contribution in [1.29, 1.82) is 0 Å². The molecule has 0 spiro atoms. The molecular weight excluding hydrogens is 414 g/mol. The van der Waals surface area contributed by atoms with Crippen molar-refractivity contribution >= 4 is 34.2 Å². The number of hydrogen-bond donors (Lipinski definition) is 1. The summed E-state index contributed by atoms with van der Waals surface area (Å²) in [6, 6.07) is 8.01. The van der Waals surface area contributed by atoms with E-state index in [2.05, 4.69) is 42.0 Å². The van der Waals surface area contributed by atoms with Gasteiger partial charge in [0.05, 0.1) is 5.52 Å². The van der Waals surface area contributed by atoms with Crippen LogP contribution in [0.15, 0.2) is 24.3 Å². The second kappa shape index (κ2) is 10.5. The van der Waals surface area contributed by atoms with Crippen molar-refractivity contribution in [1.82, 2.24) is 14.8 Å². The molecule has 0 aliphatic carbocycles. The molecule has 0 saturated carbocycles. The number of aryl methyl sites for hydroxylation is 1. The summed E-state index contributed by atoms with van der Waals surface area (Å²) in [5.41, 5.74) is 2.84. The van der Waals surface area contributed by atoms with Gasteiger partial charge in [-0.3, -0.25) is 9.59 Å². The average molecular weight is 452 g/mol. The smallest absolute Gasteiger partial charge is 0.224 e. The zero-order valence-corrected chi connectivity index (χ0v) is 20.3. The van der Waals surface area contributed by atoms with Gasteiger partial charge in [0.2, 0.25) is 11.8 Å². The van der Waals surface area contributed by atoms with Crippen LogP contribution in [0.4, 0.5) is 11.5 Å². The minimum absolute atomic E-state index is 0.0857. The third-order valence-electron chi connectivity index (χ3n) is 7.00. The molecule has 3 heterocycles. The number of hydrogen-bond acceptors (Lipinski definition) is 5. The van der Waals surface area contributed by atoms with Gasteiger partial charge in [-0.2, -0.15) is 0 Å². The lowest BCUT2D eigenvalue weighted by molar-refractivity contribution is -0.134. The number of nitrogens with one attached hydrogen (secondary N) is 1. The van der Waals surface area contributed by atoms with Gasteiger partial charge in [-0.1, -0.05) is 13.8 Å². The Morgan fingerprint density at radius 3 is 2.61 bits per heavy atom. The molecule has 2 aromatic rings. The number of aromatic nitrogens is 1. The molecule has 2 aliphatic heterocycles. The van der Waals surface area contributed by atoms with E-state index in [9.17, 15) is 9.59 Å². The standard InChI is InChI=1S/C26H37N5O2/c1-4-29-12-14-30(15-13-29)24-16-20(3)22-17-21(7-8-23(22)28-24)27-25(32)9-10-26(33)31-11-5-6-19(2)18-31/h7-8,16-17,19H,4-6,9-15,18H2,1-3H3,(H,27,32). The molecule has 178 valence electrons. The largest absolute Gasteiger partial charge is 0.354 e. The predicted octanol–water partition coefficient (Wildman–Crippen LogP) is 3.66. The van der Waals surface area contributed by atoms with Crippen molar-refractivity contribution in [2.45, 2.75) is 46.5 Å². The van der Waals surface area contributed by atoms with Gasteiger partial charge in [0, 0.05) is 63.2 Å². The molecule has 7 nitrogen and oxygen atoms in total. The highest BCUT2D eigenvalue weighted by atomic mass is 16.2. The molecule has 1 atom stereocenters. The number of benzene rings is 1. The van der Waals surface area contributed by atoms with E-state index in [-0.39, 0.29) is 24.7 Å². The van der Waals surface area contributed by atoms with E-state index in [1.807, 2.05) is 23.1 Å². The van der Waals surface area contributed by atoms with Crippen LogP contribution in [0, 0.1) is 12.8 Å². The van der Waals surface area contributed by atoms with E-state index in [4.69, 9.17) is 4.98 Å². The summed E-state index contributed by atoms with van der Waals surface area (Å²) in [4.78, 5) is 36.6. The van der Waals surface area contributed by atoms with E-state index in [0.717, 1.165) is 80.2 Å². The van der Waals surface area contributed by atoms with Gasteiger partial charge in [-0.05, 0) is 62.1 Å². The highest BCUT2D eigenvalue weighted by Gasteiger charge is 2.21. The van der Waals surface area contributed by atoms with E-state index >= 15 is 0 Å². The minimum Gasteiger partial charge on any atom is -0.354 e. The number of likely N-dealkylation sites (tertiary alicyclic amines) is 1. The number of carbonyl (C=O) groups excluding carboxylic acids is 2. The maximum absolute atomic E-state index is 12.5. The molecule has 1 aromatic heterocycles. The zero-order chi connectivity index (χ0) is 23.4. The van der Waals surface area contributed by atoms with Gasteiger partial charge in [0.25, 0.3) is 0 Å². The van der Waals surface area contributed by atoms with Gasteiger partial charge >= 0.3 is 0 Å². The fourth-order valence-electron chi connectivity index (χ4n) is 4.93. The van der Waals surface area contributed by atoms with Crippen LogP contribution in [0.25, 0.3) is 10.9 Å². The first-order valence-corrected chi connectivity index (χ1v) is 12.4. The summed E-state index contributed by atoms with van der Waals surface area (Å²) in [6.45, 7) is 13.3. The average Bonchev–Trinajstić information content (AvgIpc) is 2.83. The molecular formula is C26H37N5O2. The van der Waals surface area contributed by atoms with Crippen LogP contribution in [-0.2, 0) is 9.59 Å². The quantitative estimate of drug-likeness (QED) is 0.726. The fourth-order valence-corrected chi connectivity index (χ4v) is 4.93. The van der Waals surface area contributed by atoms with Crippen molar-refractivity contribution in [3.05, 3.63) is 29.8 Å². The van der Waals surface area contributed by atoms with Crippen LogP contribution in [0.5, 0.6) is 0 Å². The number of carbonyl (C=O) groups is 2. The lowest BCUT2D eigenvalue weighted by atomic mass is 10.00. The van der Waals surface area contributed by atoms with E-state index in [1.54, 1.807) is 0 Å². The van der Waals surface area contributed by atoms with Crippen molar-refractivity contribution in [2.75, 3.05) is 56.0 Å². The molecule has 1 N–H and O–H groups in total. The van der Waals surface area contributed by atoms with Gasteiger partial charge in [-0.25, -0.2) is 4.98 Å². The van der Waals surface area contributed by atoms with E-state index in [0.29, 0.717) is 5.92 Å². The number of piperazine rings is 1. The topological polar surface area (TPSA) is 68.8 Å². The van der Waals surface area contributed by atoms with Crippen LogP contribution in [0.1, 0.15) is 45.1 Å². The highest BCUT2D eigenvalue weighted by Crippen LogP contribution is 2.26. The van der Waals surface area contributed by atoms with Gasteiger partial charge in [0.15, 0.2) is 0 Å². The third-order valence-corrected chi connectivity index (χ3v) is 7.00. The Bertz CT molecular complexity index is 1000. The Kier molecular flexibility index (Phi) is 7.48. The summed E-state index contributed by atoms with van der Waals surface area (Å²) in [7, 11) is 0. The normalized spacial score (nSPS) is 19.7. The van der Waals surface area contributed by atoms with Crippen molar-refractivity contribution in [3.8, 4) is 0 Å². The van der Waals surface area contributed by atoms with Crippen molar-refractivity contribution in [3.63, 3.8) is 0 Å². The molecule has 0 bridgehead atoms. The molecule has 1 unspecified atom stereocenters. The fraction of sp³-hybridized carbons (Fsp3) is 0.577. The molecule has 2 saturated heterocycles. The second-order valence-corrected chi connectivity index (χ2v) is 9.59. The third kappa shape index (κ3) is 5.82. The number of piperidine rings is 1.